The zero-order valence-electron chi connectivity index (χ0n) is 16.7. The molecule has 29 heavy (non-hydrogen) atoms. The molecular formula is C22H23N3O4. The van der Waals surface area contributed by atoms with E-state index in [0.717, 1.165) is 16.8 Å². The van der Waals surface area contributed by atoms with Crippen molar-refractivity contribution in [3.8, 4) is 17.1 Å². The summed E-state index contributed by atoms with van der Waals surface area (Å²) in [6, 6.07) is 14.9. The molecule has 0 radical (unpaired) electrons. The second kappa shape index (κ2) is 9.14. The molecule has 0 bridgehead atoms. The Morgan fingerprint density at radius 2 is 1.79 bits per heavy atom. The first-order valence-corrected chi connectivity index (χ1v) is 9.19. The highest BCUT2D eigenvalue weighted by atomic mass is 16.6. The minimum absolute atomic E-state index is 0.125. The first kappa shape index (κ1) is 20.3. The minimum atomic E-state index is -0.522. The van der Waals surface area contributed by atoms with Crippen LogP contribution in [-0.2, 0) is 16.1 Å². The molecule has 2 aromatic carbocycles. The molecule has 0 saturated heterocycles. The molecule has 0 unspecified atom stereocenters. The number of hydrogen-bond donors (Lipinski definition) is 0. The molecule has 0 atom stereocenters. The lowest BCUT2D eigenvalue weighted by molar-refractivity contribution is -0.157. The molecule has 0 fully saturated rings. The number of carbonyl (C=O) groups excluding carboxylic acids is 1. The molecular weight excluding hydrogens is 370 g/mol. The molecule has 0 spiro atoms. The lowest BCUT2D eigenvalue weighted by Crippen LogP contribution is -2.27. The first-order chi connectivity index (χ1) is 13.9. The average Bonchev–Trinajstić information content (AvgIpc) is 3.21. The maximum Gasteiger partial charge on any atom is 0.344 e. The van der Waals surface area contributed by atoms with Crippen LogP contribution in [-0.4, -0.2) is 23.2 Å². The number of oxazole rings is 1. The van der Waals surface area contributed by atoms with Gasteiger partial charge in [-0.25, -0.2) is 9.78 Å². The van der Waals surface area contributed by atoms with Crippen LogP contribution in [0.2, 0.25) is 0 Å². The van der Waals surface area contributed by atoms with Gasteiger partial charge in [-0.15, -0.1) is 0 Å². The van der Waals surface area contributed by atoms with Crippen molar-refractivity contribution in [2.75, 3.05) is 6.61 Å². The quantitative estimate of drug-likeness (QED) is 0.399. The van der Waals surface area contributed by atoms with Gasteiger partial charge in [0.05, 0.1) is 18.4 Å². The maximum atomic E-state index is 11.7. The number of aromatic nitrogens is 1. The molecule has 3 rings (SSSR count). The predicted octanol–water partition coefficient (Wildman–Crippen LogP) is 5.35. The summed E-state index contributed by atoms with van der Waals surface area (Å²) in [6.45, 7) is 5.77. The molecule has 0 aliphatic rings. The van der Waals surface area contributed by atoms with Crippen molar-refractivity contribution in [1.82, 2.24) is 4.98 Å². The van der Waals surface area contributed by atoms with E-state index in [1.807, 2.05) is 57.2 Å². The molecule has 0 N–H and O–H groups in total. The standard InChI is InChI=1S/C22H23N3O4/c1-22(2,3)29-21(26)14-27-19-10-4-16(5-11-19)12-24-25-18-8-6-17(7-9-18)20-13-23-15-28-20/h4-11,13,15H,12,14H2,1-3H3. The zero-order valence-corrected chi connectivity index (χ0v) is 16.7. The van der Waals surface area contributed by atoms with Gasteiger partial charge in [-0.05, 0) is 62.7 Å². The lowest BCUT2D eigenvalue weighted by atomic mass is 10.2. The molecule has 0 aliphatic heterocycles. The molecule has 1 aromatic heterocycles. The van der Waals surface area contributed by atoms with E-state index in [9.17, 15) is 4.79 Å². The Hall–Kier alpha value is -3.48. The van der Waals surface area contributed by atoms with Gasteiger partial charge < -0.3 is 13.9 Å². The summed E-state index contributed by atoms with van der Waals surface area (Å²) < 4.78 is 15.9. The van der Waals surface area contributed by atoms with Gasteiger partial charge in [0, 0.05) is 5.56 Å². The molecule has 7 nitrogen and oxygen atoms in total. The fraction of sp³-hybridized carbons (Fsp3) is 0.273. The third-order valence-electron chi connectivity index (χ3n) is 3.72. The van der Waals surface area contributed by atoms with E-state index >= 15 is 0 Å². The molecule has 0 saturated carbocycles. The van der Waals surface area contributed by atoms with Crippen LogP contribution >= 0.6 is 0 Å². The number of hydrogen-bond acceptors (Lipinski definition) is 7. The van der Waals surface area contributed by atoms with E-state index in [1.54, 1.807) is 18.3 Å². The lowest BCUT2D eigenvalue weighted by Gasteiger charge is -2.19. The Kier molecular flexibility index (Phi) is 6.39. The average molecular weight is 393 g/mol. The monoisotopic (exact) mass is 393 g/mol. The number of azo groups is 1. The van der Waals surface area contributed by atoms with E-state index in [-0.39, 0.29) is 6.61 Å². The number of carbonyl (C=O) groups is 1. The van der Waals surface area contributed by atoms with E-state index in [0.29, 0.717) is 18.1 Å². The largest absolute Gasteiger partial charge is 0.482 e. The van der Waals surface area contributed by atoms with E-state index in [4.69, 9.17) is 13.9 Å². The molecule has 0 aliphatic carbocycles. The summed E-state index contributed by atoms with van der Waals surface area (Å²) >= 11 is 0. The Morgan fingerprint density at radius 1 is 1.07 bits per heavy atom. The third-order valence-corrected chi connectivity index (χ3v) is 3.72. The van der Waals surface area contributed by atoms with E-state index in [1.165, 1.54) is 6.39 Å². The van der Waals surface area contributed by atoms with Gasteiger partial charge in [0.2, 0.25) is 0 Å². The van der Waals surface area contributed by atoms with Crippen LogP contribution in [0.5, 0.6) is 5.75 Å². The summed E-state index contributed by atoms with van der Waals surface area (Å²) in [5.74, 6) is 0.909. The first-order valence-electron chi connectivity index (χ1n) is 9.19. The fourth-order valence-electron chi connectivity index (χ4n) is 2.45. The van der Waals surface area contributed by atoms with Crippen molar-refractivity contribution in [2.24, 2.45) is 10.2 Å². The molecule has 7 heteroatoms. The zero-order chi connectivity index (χ0) is 20.7. The van der Waals surface area contributed by atoms with Gasteiger partial charge in [-0.2, -0.15) is 10.2 Å². The van der Waals surface area contributed by atoms with Gasteiger partial charge >= 0.3 is 5.97 Å². The van der Waals surface area contributed by atoms with Crippen molar-refractivity contribution in [1.29, 1.82) is 0 Å². The second-order valence-corrected chi connectivity index (χ2v) is 7.33. The van der Waals surface area contributed by atoms with Crippen LogP contribution in [0.15, 0.2) is 75.8 Å². The van der Waals surface area contributed by atoms with Gasteiger partial charge in [-0.1, -0.05) is 12.1 Å². The third kappa shape index (κ3) is 6.57. The van der Waals surface area contributed by atoms with Crippen LogP contribution in [0, 0.1) is 0 Å². The van der Waals surface area contributed by atoms with Gasteiger partial charge in [-0.3, -0.25) is 0 Å². The van der Waals surface area contributed by atoms with Gasteiger partial charge in [0.15, 0.2) is 18.8 Å². The topological polar surface area (TPSA) is 86.3 Å². The van der Waals surface area contributed by atoms with Crippen LogP contribution in [0.3, 0.4) is 0 Å². The fourth-order valence-corrected chi connectivity index (χ4v) is 2.45. The van der Waals surface area contributed by atoms with Crippen molar-refractivity contribution < 1.29 is 18.7 Å². The second-order valence-electron chi connectivity index (χ2n) is 7.33. The molecule has 0 amide bonds. The minimum Gasteiger partial charge on any atom is -0.482 e. The molecule has 3 aromatic rings. The van der Waals surface area contributed by atoms with Crippen molar-refractivity contribution >= 4 is 11.7 Å². The highest BCUT2D eigenvalue weighted by molar-refractivity contribution is 5.71. The summed E-state index contributed by atoms with van der Waals surface area (Å²) in [6.07, 6.45) is 3.06. The van der Waals surface area contributed by atoms with Crippen LogP contribution < -0.4 is 4.74 Å². The summed E-state index contributed by atoms with van der Waals surface area (Å²) in [7, 11) is 0. The number of rotatable bonds is 7. The Morgan fingerprint density at radius 3 is 2.41 bits per heavy atom. The summed E-state index contributed by atoms with van der Waals surface area (Å²) in [5.41, 5.74) is 2.15. The SMILES string of the molecule is CC(C)(C)OC(=O)COc1ccc(CN=Nc2ccc(-c3cnco3)cc2)cc1. The highest BCUT2D eigenvalue weighted by Crippen LogP contribution is 2.22. The Balaban J connectivity index is 1.48. The van der Waals surface area contributed by atoms with Crippen molar-refractivity contribution in [3.05, 3.63) is 66.7 Å². The van der Waals surface area contributed by atoms with E-state index in [2.05, 4.69) is 15.2 Å². The van der Waals surface area contributed by atoms with Crippen LogP contribution in [0.4, 0.5) is 5.69 Å². The van der Waals surface area contributed by atoms with E-state index < -0.39 is 11.6 Å². The normalized spacial score (nSPS) is 11.6. The van der Waals surface area contributed by atoms with Crippen LogP contribution in [0.1, 0.15) is 26.3 Å². The van der Waals surface area contributed by atoms with Gasteiger partial charge in [0.1, 0.15) is 11.4 Å². The molecule has 150 valence electrons. The predicted molar refractivity (Wildman–Crippen MR) is 108 cm³/mol. The number of benzene rings is 2. The number of esters is 1. The number of nitrogens with zero attached hydrogens (tertiary/aromatic N) is 3. The Labute approximate surface area is 169 Å². The smallest absolute Gasteiger partial charge is 0.344 e. The molecule has 1 heterocycles. The highest BCUT2D eigenvalue weighted by Gasteiger charge is 2.16. The summed E-state index contributed by atoms with van der Waals surface area (Å²) in [5, 5.41) is 8.45. The van der Waals surface area contributed by atoms with Crippen molar-refractivity contribution in [2.45, 2.75) is 32.9 Å². The van der Waals surface area contributed by atoms with Crippen molar-refractivity contribution in [3.63, 3.8) is 0 Å². The number of ether oxygens (including phenoxy) is 2. The van der Waals surface area contributed by atoms with Gasteiger partial charge in [0.25, 0.3) is 0 Å². The Bertz CT molecular complexity index is 941. The summed E-state index contributed by atoms with van der Waals surface area (Å²) in [4.78, 5) is 15.6. The maximum absolute atomic E-state index is 11.7. The van der Waals surface area contributed by atoms with Crippen LogP contribution in [0.25, 0.3) is 11.3 Å².